The van der Waals surface area contributed by atoms with Crippen molar-refractivity contribution in [3.05, 3.63) is 60.2 Å². The van der Waals surface area contributed by atoms with Crippen molar-refractivity contribution in [1.82, 2.24) is 10.0 Å². The Kier molecular flexibility index (Phi) is 7.92. The van der Waals surface area contributed by atoms with E-state index in [1.807, 2.05) is 30.3 Å². The number of carbonyl (C=O) groups is 1. The lowest BCUT2D eigenvalue weighted by atomic mass is 10.1. The Morgan fingerprint density at radius 3 is 2.50 bits per heavy atom. The van der Waals surface area contributed by atoms with Gasteiger partial charge in [-0.2, -0.15) is 0 Å². The van der Waals surface area contributed by atoms with Crippen LogP contribution in [-0.4, -0.2) is 38.7 Å². The molecule has 30 heavy (non-hydrogen) atoms. The first-order valence-electron chi connectivity index (χ1n) is 9.78. The third-order valence-electron chi connectivity index (χ3n) is 4.68. The van der Waals surface area contributed by atoms with Crippen molar-refractivity contribution in [2.45, 2.75) is 36.7 Å². The summed E-state index contributed by atoms with van der Waals surface area (Å²) in [4.78, 5) is 12.2. The van der Waals surface area contributed by atoms with Crippen molar-refractivity contribution in [3.63, 3.8) is 0 Å². The van der Waals surface area contributed by atoms with Gasteiger partial charge in [0.25, 0.3) is 0 Å². The second kappa shape index (κ2) is 10.6. The summed E-state index contributed by atoms with van der Waals surface area (Å²) in [7, 11) is -3.61. The molecule has 0 aromatic heterocycles. The maximum Gasteiger partial charge on any atom is 0.240 e. The molecule has 1 fully saturated rings. The first-order valence-corrected chi connectivity index (χ1v) is 11.7. The quantitative estimate of drug-likeness (QED) is 0.539. The molecule has 0 radical (unpaired) electrons. The van der Waals surface area contributed by atoms with Gasteiger partial charge in [0.05, 0.1) is 11.0 Å². The number of ether oxygens (including phenoxy) is 1. The second-order valence-electron chi connectivity index (χ2n) is 7.00. The monoisotopic (exact) mass is 447 g/mol. The van der Waals surface area contributed by atoms with Crippen LogP contribution >= 0.6 is 12.2 Å². The maximum absolute atomic E-state index is 12.4. The predicted octanol–water partition coefficient (Wildman–Crippen LogP) is 2.59. The summed E-state index contributed by atoms with van der Waals surface area (Å²) in [5.74, 6) is -0.186. The van der Waals surface area contributed by atoms with Crippen LogP contribution in [0.5, 0.6) is 0 Å². The molecule has 0 aliphatic carbocycles. The minimum atomic E-state index is -3.61. The second-order valence-corrected chi connectivity index (χ2v) is 9.17. The Morgan fingerprint density at radius 1 is 1.10 bits per heavy atom. The van der Waals surface area contributed by atoms with Crippen molar-refractivity contribution in [3.8, 4) is 0 Å². The molecule has 1 aliphatic heterocycles. The van der Waals surface area contributed by atoms with Crippen LogP contribution in [0.4, 0.5) is 5.69 Å². The molecule has 2 aromatic rings. The summed E-state index contributed by atoms with van der Waals surface area (Å²) in [6.07, 6.45) is 2.69. The lowest BCUT2D eigenvalue weighted by Crippen LogP contribution is -2.34. The van der Waals surface area contributed by atoms with E-state index in [9.17, 15) is 13.2 Å². The van der Waals surface area contributed by atoms with E-state index in [0.717, 1.165) is 18.4 Å². The first-order chi connectivity index (χ1) is 14.4. The number of benzene rings is 2. The highest BCUT2D eigenvalue weighted by atomic mass is 32.2. The van der Waals surface area contributed by atoms with E-state index >= 15 is 0 Å². The summed E-state index contributed by atoms with van der Waals surface area (Å²) in [6.45, 7) is 0.941. The summed E-state index contributed by atoms with van der Waals surface area (Å²) >= 11 is 5.16. The van der Waals surface area contributed by atoms with Crippen LogP contribution in [-0.2, 0) is 26.0 Å². The highest BCUT2D eigenvalue weighted by Gasteiger charge is 2.20. The number of anilines is 1. The standard InChI is InChI=1S/C21H25N3O4S2/c25-20(13-8-16-5-2-1-3-6-16)24-21(29)23-17-9-11-19(12-10-17)30(26,27)22-15-18-7-4-14-28-18/h1-3,5-6,9-12,18,22H,4,7-8,13-15H2,(H2,23,24,25,29). The zero-order chi connectivity index (χ0) is 21.4. The number of carbonyl (C=O) groups excluding carboxylic acids is 1. The Balaban J connectivity index is 1.45. The van der Waals surface area contributed by atoms with E-state index in [2.05, 4.69) is 15.4 Å². The lowest BCUT2D eigenvalue weighted by molar-refractivity contribution is -0.119. The fourth-order valence-corrected chi connectivity index (χ4v) is 4.36. The van der Waals surface area contributed by atoms with Crippen molar-refractivity contribution in [1.29, 1.82) is 0 Å². The molecule has 0 spiro atoms. The first kappa shape index (κ1) is 22.4. The predicted molar refractivity (Wildman–Crippen MR) is 120 cm³/mol. The number of nitrogens with one attached hydrogen (secondary N) is 3. The summed E-state index contributed by atoms with van der Waals surface area (Å²) in [6, 6.07) is 15.9. The van der Waals surface area contributed by atoms with Crippen LogP contribution < -0.4 is 15.4 Å². The number of thiocarbonyl (C=S) groups is 1. The number of hydrogen-bond donors (Lipinski definition) is 3. The maximum atomic E-state index is 12.4. The Labute approximate surface area is 182 Å². The van der Waals surface area contributed by atoms with Crippen LogP contribution in [0, 0.1) is 0 Å². The SMILES string of the molecule is O=C(CCc1ccccc1)NC(=S)Nc1ccc(S(=O)(=O)NCC2CCCO2)cc1. The molecule has 160 valence electrons. The molecule has 3 rings (SSSR count). The number of sulfonamides is 1. The topological polar surface area (TPSA) is 96.5 Å². The number of hydrogen-bond acceptors (Lipinski definition) is 5. The molecule has 0 bridgehead atoms. The molecule has 3 N–H and O–H groups in total. The fraction of sp³-hybridized carbons (Fsp3) is 0.333. The summed E-state index contributed by atoms with van der Waals surface area (Å²) in [5.41, 5.74) is 1.66. The van der Waals surface area contributed by atoms with Gasteiger partial charge < -0.3 is 15.4 Å². The van der Waals surface area contributed by atoms with Gasteiger partial charge in [-0.25, -0.2) is 13.1 Å². The van der Waals surface area contributed by atoms with Crippen molar-refractivity contribution in [2.24, 2.45) is 0 Å². The minimum Gasteiger partial charge on any atom is -0.377 e. The minimum absolute atomic E-state index is 0.0661. The van der Waals surface area contributed by atoms with Gasteiger partial charge in [0.1, 0.15) is 0 Å². The molecular weight excluding hydrogens is 422 g/mol. The van der Waals surface area contributed by atoms with E-state index in [1.165, 1.54) is 12.1 Å². The Bertz CT molecular complexity index is 958. The summed E-state index contributed by atoms with van der Waals surface area (Å²) < 4.78 is 32.8. The van der Waals surface area contributed by atoms with Crippen molar-refractivity contribution < 1.29 is 17.9 Å². The van der Waals surface area contributed by atoms with Crippen LogP contribution in [0.3, 0.4) is 0 Å². The van der Waals surface area contributed by atoms with E-state index in [1.54, 1.807) is 12.1 Å². The van der Waals surface area contributed by atoms with Crippen LogP contribution in [0.15, 0.2) is 59.5 Å². The zero-order valence-corrected chi connectivity index (χ0v) is 18.1. The molecule has 1 aliphatic rings. The van der Waals surface area contributed by atoms with E-state index < -0.39 is 10.0 Å². The normalized spacial score (nSPS) is 16.2. The molecule has 1 amide bonds. The number of aryl methyl sites for hydroxylation is 1. The third-order valence-corrected chi connectivity index (χ3v) is 6.33. The van der Waals surface area contributed by atoms with Crippen LogP contribution in [0.2, 0.25) is 0 Å². The molecule has 0 saturated carbocycles. The Morgan fingerprint density at radius 2 is 1.83 bits per heavy atom. The highest BCUT2D eigenvalue weighted by Crippen LogP contribution is 2.16. The molecule has 7 nitrogen and oxygen atoms in total. The van der Waals surface area contributed by atoms with Crippen LogP contribution in [0.1, 0.15) is 24.8 Å². The van der Waals surface area contributed by atoms with Gasteiger partial charge in [0, 0.05) is 25.3 Å². The smallest absolute Gasteiger partial charge is 0.240 e. The van der Waals surface area contributed by atoms with E-state index in [-0.39, 0.29) is 28.6 Å². The average Bonchev–Trinajstić information content (AvgIpc) is 3.26. The number of rotatable bonds is 8. The van der Waals surface area contributed by atoms with Gasteiger partial charge in [-0.3, -0.25) is 4.79 Å². The zero-order valence-electron chi connectivity index (χ0n) is 16.5. The molecule has 9 heteroatoms. The molecule has 1 saturated heterocycles. The van der Waals surface area contributed by atoms with Gasteiger partial charge in [-0.1, -0.05) is 30.3 Å². The molecule has 1 atom stereocenters. The molecule has 1 heterocycles. The van der Waals surface area contributed by atoms with Gasteiger partial charge >= 0.3 is 0 Å². The van der Waals surface area contributed by atoms with E-state index in [4.69, 9.17) is 17.0 Å². The highest BCUT2D eigenvalue weighted by molar-refractivity contribution is 7.89. The molecule has 2 aromatic carbocycles. The van der Waals surface area contributed by atoms with E-state index in [0.29, 0.717) is 25.1 Å². The molecular formula is C21H25N3O4S2. The van der Waals surface area contributed by atoms with Gasteiger partial charge in [-0.15, -0.1) is 0 Å². The van der Waals surface area contributed by atoms with Crippen molar-refractivity contribution >= 4 is 38.9 Å². The average molecular weight is 448 g/mol. The lowest BCUT2D eigenvalue weighted by Gasteiger charge is -2.12. The molecule has 1 unspecified atom stereocenters. The van der Waals surface area contributed by atoms with Gasteiger partial charge in [0.15, 0.2) is 5.11 Å². The van der Waals surface area contributed by atoms with Crippen LogP contribution in [0.25, 0.3) is 0 Å². The number of amides is 1. The van der Waals surface area contributed by atoms with Gasteiger partial charge in [0.2, 0.25) is 15.9 Å². The third kappa shape index (κ3) is 6.88. The van der Waals surface area contributed by atoms with Gasteiger partial charge in [-0.05, 0) is 61.3 Å². The van der Waals surface area contributed by atoms with Crippen molar-refractivity contribution in [2.75, 3.05) is 18.5 Å². The summed E-state index contributed by atoms with van der Waals surface area (Å²) in [5, 5.41) is 5.69. The largest absolute Gasteiger partial charge is 0.377 e. The fourth-order valence-electron chi connectivity index (χ4n) is 3.06. The Hall–Kier alpha value is -2.33.